The van der Waals surface area contributed by atoms with E-state index in [2.05, 4.69) is 5.32 Å². The number of carbonyl (C=O) groups is 2. The van der Waals surface area contributed by atoms with Gasteiger partial charge in [-0.25, -0.2) is 0 Å². The Morgan fingerprint density at radius 1 is 1.08 bits per heavy atom. The van der Waals surface area contributed by atoms with Crippen molar-refractivity contribution in [3.63, 3.8) is 0 Å². The molecule has 126 valence electrons. The highest BCUT2D eigenvalue weighted by molar-refractivity contribution is 6.33. The fourth-order valence-corrected chi connectivity index (χ4v) is 2.44. The van der Waals surface area contributed by atoms with Crippen LogP contribution in [0, 0.1) is 0 Å². The van der Waals surface area contributed by atoms with Gasteiger partial charge in [-0.3, -0.25) is 9.59 Å². The van der Waals surface area contributed by atoms with E-state index in [0.717, 1.165) is 5.56 Å². The summed E-state index contributed by atoms with van der Waals surface area (Å²) in [6, 6.07) is 13.3. The van der Waals surface area contributed by atoms with Gasteiger partial charge in [0.05, 0.1) is 37.3 Å². The monoisotopic (exact) mass is 347 g/mol. The van der Waals surface area contributed by atoms with Gasteiger partial charge in [0.15, 0.2) is 0 Å². The van der Waals surface area contributed by atoms with Gasteiger partial charge in [0.25, 0.3) is 5.91 Å². The van der Waals surface area contributed by atoms with Crippen LogP contribution in [-0.4, -0.2) is 26.1 Å². The molecule has 5 nitrogen and oxygen atoms in total. The zero-order valence-corrected chi connectivity index (χ0v) is 14.2. The molecule has 0 radical (unpaired) electrons. The number of carbonyl (C=O) groups excluding carboxylic acids is 2. The summed E-state index contributed by atoms with van der Waals surface area (Å²) in [7, 11) is 2.88. The van der Waals surface area contributed by atoms with Crippen molar-refractivity contribution in [3.05, 3.63) is 64.7 Å². The van der Waals surface area contributed by atoms with Crippen LogP contribution in [0.5, 0.6) is 5.75 Å². The second-order valence-corrected chi connectivity index (χ2v) is 5.47. The van der Waals surface area contributed by atoms with Crippen molar-refractivity contribution >= 4 is 23.5 Å². The standard InChI is InChI=1S/C18H18ClNO4/c1-23-13-9-7-12(8-10-13)16(11-17(21)24-2)20-18(22)14-5-3-4-6-15(14)19/h3-10,16H,11H2,1-2H3,(H,20,22). The second kappa shape index (κ2) is 8.36. The molecule has 1 unspecified atom stereocenters. The minimum Gasteiger partial charge on any atom is -0.497 e. The molecule has 2 aromatic rings. The Balaban J connectivity index is 2.23. The van der Waals surface area contributed by atoms with Crippen molar-refractivity contribution in [2.24, 2.45) is 0 Å². The molecule has 0 aliphatic rings. The highest BCUT2D eigenvalue weighted by Crippen LogP contribution is 2.22. The third kappa shape index (κ3) is 4.49. The number of methoxy groups -OCH3 is 2. The molecule has 0 aliphatic carbocycles. The zero-order chi connectivity index (χ0) is 17.5. The average molecular weight is 348 g/mol. The summed E-state index contributed by atoms with van der Waals surface area (Å²) in [5.41, 5.74) is 1.11. The normalized spacial score (nSPS) is 11.5. The second-order valence-electron chi connectivity index (χ2n) is 5.06. The van der Waals surface area contributed by atoms with Gasteiger partial charge in [0.1, 0.15) is 5.75 Å². The van der Waals surface area contributed by atoms with Crippen molar-refractivity contribution in [2.45, 2.75) is 12.5 Å². The molecular formula is C18H18ClNO4. The average Bonchev–Trinajstić information content (AvgIpc) is 2.61. The van der Waals surface area contributed by atoms with Gasteiger partial charge in [-0.1, -0.05) is 35.9 Å². The maximum Gasteiger partial charge on any atom is 0.307 e. The summed E-state index contributed by atoms with van der Waals surface area (Å²) < 4.78 is 9.84. The molecule has 0 heterocycles. The quantitative estimate of drug-likeness (QED) is 0.813. The van der Waals surface area contributed by atoms with Crippen LogP contribution in [0.1, 0.15) is 28.4 Å². The Kier molecular flexibility index (Phi) is 6.21. The summed E-state index contributed by atoms with van der Waals surface area (Å²) >= 11 is 6.05. The first kappa shape index (κ1) is 17.8. The summed E-state index contributed by atoms with van der Waals surface area (Å²) in [5, 5.41) is 3.18. The van der Waals surface area contributed by atoms with E-state index in [1.165, 1.54) is 7.11 Å². The van der Waals surface area contributed by atoms with Crippen LogP contribution in [0.2, 0.25) is 5.02 Å². The first-order chi connectivity index (χ1) is 11.5. The van der Waals surface area contributed by atoms with Gasteiger partial charge < -0.3 is 14.8 Å². The van der Waals surface area contributed by atoms with Crippen LogP contribution in [0.4, 0.5) is 0 Å². The Morgan fingerprint density at radius 3 is 2.33 bits per heavy atom. The molecule has 0 aliphatic heterocycles. The molecule has 2 aromatic carbocycles. The van der Waals surface area contributed by atoms with Crippen LogP contribution in [0.25, 0.3) is 0 Å². The fraction of sp³-hybridized carbons (Fsp3) is 0.222. The number of amides is 1. The van der Waals surface area contributed by atoms with Crippen LogP contribution >= 0.6 is 11.6 Å². The molecule has 0 saturated heterocycles. The van der Waals surface area contributed by atoms with E-state index in [0.29, 0.717) is 16.3 Å². The molecule has 2 rings (SSSR count). The van der Waals surface area contributed by atoms with Crippen LogP contribution in [-0.2, 0) is 9.53 Å². The number of ether oxygens (including phenoxy) is 2. The molecule has 0 bridgehead atoms. The Labute approximate surface area is 145 Å². The number of esters is 1. The molecule has 0 saturated carbocycles. The van der Waals surface area contributed by atoms with Gasteiger partial charge in [-0.05, 0) is 29.8 Å². The van der Waals surface area contributed by atoms with Gasteiger partial charge in [-0.2, -0.15) is 0 Å². The first-order valence-electron chi connectivity index (χ1n) is 7.31. The molecule has 6 heteroatoms. The molecule has 0 fully saturated rings. The third-order valence-electron chi connectivity index (χ3n) is 3.54. The van der Waals surface area contributed by atoms with E-state index in [9.17, 15) is 9.59 Å². The highest BCUT2D eigenvalue weighted by Gasteiger charge is 2.20. The lowest BCUT2D eigenvalue weighted by atomic mass is 10.0. The van der Waals surface area contributed by atoms with Crippen molar-refractivity contribution < 1.29 is 19.1 Å². The van der Waals surface area contributed by atoms with Gasteiger partial charge in [0.2, 0.25) is 0 Å². The maximum atomic E-state index is 12.5. The zero-order valence-electron chi connectivity index (χ0n) is 13.4. The lowest BCUT2D eigenvalue weighted by Crippen LogP contribution is -2.30. The van der Waals surface area contributed by atoms with E-state index in [1.54, 1.807) is 55.6 Å². The minimum absolute atomic E-state index is 0.0129. The van der Waals surface area contributed by atoms with Gasteiger partial charge >= 0.3 is 5.97 Å². The summed E-state index contributed by atoms with van der Waals surface area (Å²) in [4.78, 5) is 24.1. The first-order valence-corrected chi connectivity index (χ1v) is 7.69. The lowest BCUT2D eigenvalue weighted by molar-refractivity contribution is -0.141. The summed E-state index contributed by atoms with van der Waals surface area (Å²) in [6.07, 6.45) is 0.0129. The number of hydrogen-bond donors (Lipinski definition) is 1. The van der Waals surface area contributed by atoms with Crippen molar-refractivity contribution in [2.75, 3.05) is 14.2 Å². The summed E-state index contributed by atoms with van der Waals surface area (Å²) in [5.74, 6) is -0.0893. The molecule has 1 N–H and O–H groups in total. The summed E-state index contributed by atoms with van der Waals surface area (Å²) in [6.45, 7) is 0. The molecule has 24 heavy (non-hydrogen) atoms. The minimum atomic E-state index is -0.535. The molecule has 0 aromatic heterocycles. The van der Waals surface area contributed by atoms with E-state index >= 15 is 0 Å². The van der Waals surface area contributed by atoms with Crippen molar-refractivity contribution in [3.8, 4) is 5.75 Å². The SMILES string of the molecule is COC(=O)CC(NC(=O)c1ccccc1Cl)c1ccc(OC)cc1. The number of hydrogen-bond acceptors (Lipinski definition) is 4. The van der Waals surface area contributed by atoms with E-state index in [1.807, 2.05) is 0 Å². The van der Waals surface area contributed by atoms with E-state index in [-0.39, 0.29) is 12.3 Å². The Bertz CT molecular complexity index is 715. The van der Waals surface area contributed by atoms with Crippen LogP contribution < -0.4 is 10.1 Å². The lowest BCUT2D eigenvalue weighted by Gasteiger charge is -2.19. The molecule has 1 amide bonds. The number of rotatable bonds is 6. The Morgan fingerprint density at radius 2 is 1.75 bits per heavy atom. The number of nitrogens with one attached hydrogen (secondary N) is 1. The Hall–Kier alpha value is -2.53. The van der Waals surface area contributed by atoms with Crippen molar-refractivity contribution in [1.82, 2.24) is 5.32 Å². The van der Waals surface area contributed by atoms with Gasteiger partial charge in [-0.15, -0.1) is 0 Å². The predicted molar refractivity (Wildman–Crippen MR) is 91.3 cm³/mol. The highest BCUT2D eigenvalue weighted by atomic mass is 35.5. The van der Waals surface area contributed by atoms with Crippen LogP contribution in [0.3, 0.4) is 0 Å². The topological polar surface area (TPSA) is 64.6 Å². The van der Waals surface area contributed by atoms with Crippen LogP contribution in [0.15, 0.2) is 48.5 Å². The van der Waals surface area contributed by atoms with Crippen molar-refractivity contribution in [1.29, 1.82) is 0 Å². The van der Waals surface area contributed by atoms with E-state index < -0.39 is 12.0 Å². The smallest absolute Gasteiger partial charge is 0.307 e. The maximum absolute atomic E-state index is 12.5. The fourth-order valence-electron chi connectivity index (χ4n) is 2.22. The molecule has 1 atom stereocenters. The number of halogens is 1. The third-order valence-corrected chi connectivity index (χ3v) is 3.87. The number of benzene rings is 2. The predicted octanol–water partition coefficient (Wildman–Crippen LogP) is 3.38. The van der Waals surface area contributed by atoms with E-state index in [4.69, 9.17) is 21.1 Å². The van der Waals surface area contributed by atoms with Gasteiger partial charge in [0, 0.05) is 0 Å². The molecule has 0 spiro atoms. The molecular weight excluding hydrogens is 330 g/mol. The largest absolute Gasteiger partial charge is 0.497 e.